The summed E-state index contributed by atoms with van der Waals surface area (Å²) in [6.45, 7) is 3.72. The van der Waals surface area contributed by atoms with E-state index in [0.29, 0.717) is 22.1 Å². The van der Waals surface area contributed by atoms with Crippen molar-refractivity contribution in [2.24, 2.45) is 0 Å². The highest BCUT2D eigenvalue weighted by Gasteiger charge is 2.10. The minimum Gasteiger partial charge on any atom is -0.397 e. The topological polar surface area (TPSA) is 68.0 Å². The predicted molar refractivity (Wildman–Crippen MR) is 77.5 cm³/mol. The molecule has 2 rings (SSSR count). The van der Waals surface area contributed by atoms with Crippen LogP contribution in [0.15, 0.2) is 30.5 Å². The van der Waals surface area contributed by atoms with E-state index in [1.165, 1.54) is 6.20 Å². The summed E-state index contributed by atoms with van der Waals surface area (Å²) in [5.74, 6) is 0.253. The Bertz CT molecular complexity index is 620. The highest BCUT2D eigenvalue weighted by atomic mass is 35.5. The van der Waals surface area contributed by atoms with Crippen molar-refractivity contribution in [3.8, 4) is 0 Å². The summed E-state index contributed by atoms with van der Waals surface area (Å²) in [5, 5.41) is 3.28. The number of amides is 1. The minimum absolute atomic E-state index is 0.244. The first-order valence-corrected chi connectivity index (χ1v) is 6.14. The third kappa shape index (κ3) is 3.23. The summed E-state index contributed by atoms with van der Waals surface area (Å²) in [7, 11) is 0. The number of halogens is 1. The van der Waals surface area contributed by atoms with Crippen LogP contribution in [0.1, 0.15) is 21.5 Å². The molecule has 1 amide bonds. The van der Waals surface area contributed by atoms with Crippen LogP contribution in [0.5, 0.6) is 0 Å². The molecule has 4 nitrogen and oxygen atoms in total. The number of hydrogen-bond acceptors (Lipinski definition) is 3. The van der Waals surface area contributed by atoms with Crippen molar-refractivity contribution in [2.45, 2.75) is 13.8 Å². The number of carbonyl (C=O) groups is 1. The number of nitrogens with zero attached hydrogens (tertiary/aromatic N) is 1. The van der Waals surface area contributed by atoms with Gasteiger partial charge in [0.05, 0.1) is 11.9 Å². The molecule has 98 valence electrons. The molecule has 1 aromatic heterocycles. The molecule has 0 spiro atoms. The highest BCUT2D eigenvalue weighted by molar-refractivity contribution is 6.31. The highest BCUT2D eigenvalue weighted by Crippen LogP contribution is 2.18. The van der Waals surface area contributed by atoms with Crippen molar-refractivity contribution in [2.75, 3.05) is 11.1 Å². The van der Waals surface area contributed by atoms with Gasteiger partial charge >= 0.3 is 0 Å². The van der Waals surface area contributed by atoms with E-state index >= 15 is 0 Å². The van der Waals surface area contributed by atoms with Gasteiger partial charge in [0.15, 0.2) is 0 Å². The number of anilines is 2. The number of pyridine rings is 1. The molecule has 0 saturated carbocycles. The molecular weight excluding hydrogens is 262 g/mol. The fourth-order valence-electron chi connectivity index (χ4n) is 1.77. The second-order valence-electron chi connectivity index (χ2n) is 4.41. The summed E-state index contributed by atoms with van der Waals surface area (Å²) in [4.78, 5) is 16.2. The van der Waals surface area contributed by atoms with Crippen molar-refractivity contribution in [3.63, 3.8) is 0 Å². The number of aromatic nitrogens is 1. The van der Waals surface area contributed by atoms with Crippen LogP contribution >= 0.6 is 11.6 Å². The fourth-order valence-corrected chi connectivity index (χ4v) is 2.06. The number of rotatable bonds is 2. The number of aryl methyl sites for hydroxylation is 2. The molecule has 0 aliphatic carbocycles. The summed E-state index contributed by atoms with van der Waals surface area (Å²) in [5.41, 5.74) is 8.43. The summed E-state index contributed by atoms with van der Waals surface area (Å²) in [6, 6.07) is 6.95. The molecule has 19 heavy (non-hydrogen) atoms. The van der Waals surface area contributed by atoms with Gasteiger partial charge in [-0.3, -0.25) is 4.79 Å². The Morgan fingerprint density at radius 1 is 1.26 bits per heavy atom. The van der Waals surface area contributed by atoms with Gasteiger partial charge in [-0.1, -0.05) is 11.6 Å². The molecule has 1 heterocycles. The van der Waals surface area contributed by atoms with E-state index in [0.717, 1.165) is 11.1 Å². The first-order valence-electron chi connectivity index (χ1n) is 5.76. The van der Waals surface area contributed by atoms with Crippen LogP contribution in [-0.4, -0.2) is 10.9 Å². The number of carbonyl (C=O) groups excluding carboxylic acids is 1. The molecule has 0 atom stereocenters. The zero-order valence-corrected chi connectivity index (χ0v) is 11.5. The Labute approximate surface area is 116 Å². The van der Waals surface area contributed by atoms with Gasteiger partial charge in [0.1, 0.15) is 5.82 Å². The molecule has 0 aliphatic rings. The SMILES string of the molecule is Cc1cc(Cl)cc(C(=O)Nc2ncc(N)cc2C)c1. The van der Waals surface area contributed by atoms with Gasteiger partial charge in [-0.25, -0.2) is 4.98 Å². The molecule has 5 heteroatoms. The Hall–Kier alpha value is -2.07. The zero-order valence-electron chi connectivity index (χ0n) is 10.7. The van der Waals surface area contributed by atoms with Crippen LogP contribution in [0, 0.1) is 13.8 Å². The molecule has 0 saturated heterocycles. The predicted octanol–water partition coefficient (Wildman–Crippen LogP) is 3.19. The summed E-state index contributed by atoms with van der Waals surface area (Å²) in [6.07, 6.45) is 1.51. The van der Waals surface area contributed by atoms with E-state index in [9.17, 15) is 4.79 Å². The maximum absolute atomic E-state index is 12.1. The molecule has 0 aliphatic heterocycles. The van der Waals surface area contributed by atoms with Gasteiger partial charge in [-0.15, -0.1) is 0 Å². The molecule has 0 fully saturated rings. The summed E-state index contributed by atoms with van der Waals surface area (Å²) >= 11 is 5.94. The second kappa shape index (κ2) is 5.28. The number of nitrogen functional groups attached to an aromatic ring is 1. The van der Waals surface area contributed by atoms with Crippen molar-refractivity contribution in [1.29, 1.82) is 0 Å². The molecule has 1 aromatic carbocycles. The average molecular weight is 276 g/mol. The van der Waals surface area contributed by atoms with Crippen LogP contribution in [0.3, 0.4) is 0 Å². The monoisotopic (exact) mass is 275 g/mol. The quantitative estimate of drug-likeness (QED) is 0.884. The second-order valence-corrected chi connectivity index (χ2v) is 4.84. The third-order valence-electron chi connectivity index (χ3n) is 2.64. The minimum atomic E-state index is -0.244. The molecular formula is C14H14ClN3O. The average Bonchev–Trinajstić information content (AvgIpc) is 2.31. The van der Waals surface area contributed by atoms with Crippen molar-refractivity contribution >= 4 is 29.0 Å². The van der Waals surface area contributed by atoms with E-state index in [1.54, 1.807) is 24.3 Å². The first kappa shape index (κ1) is 13.4. The number of hydrogen-bond donors (Lipinski definition) is 2. The number of nitrogens with two attached hydrogens (primary N) is 1. The normalized spacial score (nSPS) is 10.3. The lowest BCUT2D eigenvalue weighted by atomic mass is 10.1. The molecule has 0 bridgehead atoms. The van der Waals surface area contributed by atoms with Gasteiger partial charge < -0.3 is 11.1 Å². The van der Waals surface area contributed by atoms with E-state index < -0.39 is 0 Å². The standard InChI is InChI=1S/C14H14ClN3O/c1-8-3-10(6-11(15)4-8)14(19)18-13-9(2)5-12(16)7-17-13/h3-7H,16H2,1-2H3,(H,17,18,19). The van der Waals surface area contributed by atoms with Gasteiger partial charge in [0.25, 0.3) is 5.91 Å². The fraction of sp³-hybridized carbons (Fsp3) is 0.143. The Morgan fingerprint density at radius 3 is 2.63 bits per heavy atom. The smallest absolute Gasteiger partial charge is 0.256 e. The number of benzene rings is 1. The van der Waals surface area contributed by atoms with E-state index in [4.69, 9.17) is 17.3 Å². The molecule has 0 radical (unpaired) electrons. The molecule has 2 aromatic rings. The van der Waals surface area contributed by atoms with E-state index in [1.807, 2.05) is 13.8 Å². The van der Waals surface area contributed by atoms with Crippen LogP contribution in [-0.2, 0) is 0 Å². The Balaban J connectivity index is 2.25. The first-order chi connectivity index (χ1) is 8.95. The molecule has 0 unspecified atom stereocenters. The van der Waals surface area contributed by atoms with Crippen molar-refractivity contribution in [3.05, 3.63) is 52.2 Å². The van der Waals surface area contributed by atoms with Gasteiger partial charge in [-0.05, 0) is 49.2 Å². The lowest BCUT2D eigenvalue weighted by Gasteiger charge is -2.08. The van der Waals surface area contributed by atoms with Crippen molar-refractivity contribution < 1.29 is 4.79 Å². The van der Waals surface area contributed by atoms with Crippen LogP contribution < -0.4 is 11.1 Å². The summed E-state index contributed by atoms with van der Waals surface area (Å²) < 4.78 is 0. The zero-order chi connectivity index (χ0) is 14.0. The third-order valence-corrected chi connectivity index (χ3v) is 2.85. The van der Waals surface area contributed by atoms with E-state index in [2.05, 4.69) is 10.3 Å². The number of nitrogens with one attached hydrogen (secondary N) is 1. The largest absolute Gasteiger partial charge is 0.397 e. The van der Waals surface area contributed by atoms with Crippen LogP contribution in [0.4, 0.5) is 11.5 Å². The van der Waals surface area contributed by atoms with Crippen molar-refractivity contribution in [1.82, 2.24) is 4.98 Å². The van der Waals surface area contributed by atoms with Crippen LogP contribution in [0.25, 0.3) is 0 Å². The lowest BCUT2D eigenvalue weighted by Crippen LogP contribution is -2.14. The van der Waals surface area contributed by atoms with Gasteiger partial charge in [-0.2, -0.15) is 0 Å². The van der Waals surface area contributed by atoms with Gasteiger partial charge in [0.2, 0.25) is 0 Å². The lowest BCUT2D eigenvalue weighted by molar-refractivity contribution is 0.102. The van der Waals surface area contributed by atoms with Crippen LogP contribution in [0.2, 0.25) is 5.02 Å². The van der Waals surface area contributed by atoms with E-state index in [-0.39, 0.29) is 5.91 Å². The maximum Gasteiger partial charge on any atom is 0.256 e. The molecule has 3 N–H and O–H groups in total. The Kier molecular flexibility index (Phi) is 3.71. The van der Waals surface area contributed by atoms with Gasteiger partial charge in [0, 0.05) is 10.6 Å². The maximum atomic E-state index is 12.1. The Morgan fingerprint density at radius 2 is 2.00 bits per heavy atom.